The van der Waals surface area contributed by atoms with E-state index < -0.39 is 0 Å². The molecule has 4 rings (SSSR count). The average molecular weight is 306 g/mol. The first-order valence-corrected chi connectivity index (χ1v) is 9.70. The lowest BCUT2D eigenvalue weighted by Gasteiger charge is -2.63. The van der Waals surface area contributed by atoms with Crippen molar-refractivity contribution < 1.29 is 9.53 Å². The van der Waals surface area contributed by atoms with E-state index in [1.54, 1.807) is 0 Å². The maximum Gasteiger partial charge on any atom is 0.309 e. The fourth-order valence-corrected chi connectivity index (χ4v) is 6.38. The van der Waals surface area contributed by atoms with Crippen LogP contribution in [0.4, 0.5) is 0 Å². The summed E-state index contributed by atoms with van der Waals surface area (Å²) in [6, 6.07) is 0. The molecule has 4 saturated carbocycles. The van der Waals surface area contributed by atoms with Crippen LogP contribution in [0.1, 0.15) is 85.5 Å². The fraction of sp³-hybridized carbons (Fsp3) is 0.950. The van der Waals surface area contributed by atoms with Gasteiger partial charge in [0.05, 0.1) is 5.92 Å². The Bertz CT molecular complexity index is 386. The number of hydrogen-bond donors (Lipinski definition) is 0. The van der Waals surface area contributed by atoms with Gasteiger partial charge in [0.15, 0.2) is 0 Å². The van der Waals surface area contributed by atoms with Crippen molar-refractivity contribution in [2.45, 2.75) is 91.1 Å². The molecule has 22 heavy (non-hydrogen) atoms. The van der Waals surface area contributed by atoms with Gasteiger partial charge in [-0.05, 0) is 75.5 Å². The third kappa shape index (κ3) is 2.41. The van der Waals surface area contributed by atoms with E-state index in [0.29, 0.717) is 0 Å². The Hall–Kier alpha value is -0.530. The second kappa shape index (κ2) is 5.83. The molecule has 0 heterocycles. The van der Waals surface area contributed by atoms with Crippen LogP contribution in [-0.2, 0) is 9.53 Å². The minimum atomic E-state index is -0.205. The van der Waals surface area contributed by atoms with Gasteiger partial charge in [-0.1, -0.05) is 27.7 Å². The molecule has 0 N–H and O–H groups in total. The van der Waals surface area contributed by atoms with Gasteiger partial charge >= 0.3 is 5.97 Å². The topological polar surface area (TPSA) is 26.3 Å². The third-order valence-corrected chi connectivity index (χ3v) is 7.46. The summed E-state index contributed by atoms with van der Waals surface area (Å²) in [6.07, 6.45) is 11.1. The summed E-state index contributed by atoms with van der Waals surface area (Å²) < 4.78 is 6.34. The normalized spacial score (nSPS) is 38.1. The molecule has 1 atom stereocenters. The van der Waals surface area contributed by atoms with Gasteiger partial charge in [-0.3, -0.25) is 4.79 Å². The number of esters is 1. The molecule has 0 aliphatic heterocycles. The fourth-order valence-electron chi connectivity index (χ4n) is 6.38. The molecular weight excluding hydrogens is 272 g/mol. The van der Waals surface area contributed by atoms with Crippen LogP contribution in [0.15, 0.2) is 0 Å². The molecule has 0 aromatic rings. The van der Waals surface area contributed by atoms with Crippen molar-refractivity contribution in [2.24, 2.45) is 29.1 Å². The standard InChI is InChI=1S/C20H34O2/c1-5-14(4)18(21)22-20(6-2,7-3)19-11-15-8-16(12-19)10-17(9-15)13-19/h14-17H,5-13H2,1-4H3. The van der Waals surface area contributed by atoms with E-state index in [-0.39, 0.29) is 22.9 Å². The van der Waals surface area contributed by atoms with Crippen LogP contribution in [0.5, 0.6) is 0 Å². The molecule has 1 unspecified atom stereocenters. The molecule has 4 aliphatic carbocycles. The zero-order chi connectivity index (χ0) is 16.0. The number of ether oxygens (including phenoxy) is 1. The molecule has 2 heteroatoms. The zero-order valence-corrected chi connectivity index (χ0v) is 15.0. The second-order valence-electron chi connectivity index (χ2n) is 8.63. The first kappa shape index (κ1) is 16.3. The Balaban J connectivity index is 1.88. The molecule has 0 saturated heterocycles. The van der Waals surface area contributed by atoms with Crippen molar-refractivity contribution in [1.29, 1.82) is 0 Å². The van der Waals surface area contributed by atoms with Crippen LogP contribution in [0, 0.1) is 29.1 Å². The van der Waals surface area contributed by atoms with Gasteiger partial charge < -0.3 is 4.74 Å². The van der Waals surface area contributed by atoms with Gasteiger partial charge in [-0.2, -0.15) is 0 Å². The number of carbonyl (C=O) groups excluding carboxylic acids is 1. The Morgan fingerprint density at radius 1 is 1.05 bits per heavy atom. The summed E-state index contributed by atoms with van der Waals surface area (Å²) in [6.45, 7) is 8.58. The van der Waals surface area contributed by atoms with E-state index in [4.69, 9.17) is 4.74 Å². The molecule has 4 fully saturated rings. The van der Waals surface area contributed by atoms with Gasteiger partial charge in [-0.15, -0.1) is 0 Å². The Morgan fingerprint density at radius 2 is 1.50 bits per heavy atom. The quantitative estimate of drug-likeness (QED) is 0.618. The minimum absolute atomic E-state index is 0.0337. The highest BCUT2D eigenvalue weighted by Gasteiger charge is 2.61. The lowest BCUT2D eigenvalue weighted by atomic mass is 9.44. The Kier molecular flexibility index (Phi) is 4.33. The van der Waals surface area contributed by atoms with Crippen molar-refractivity contribution in [2.75, 3.05) is 0 Å². The highest BCUT2D eigenvalue weighted by Crippen LogP contribution is 2.65. The van der Waals surface area contributed by atoms with Crippen LogP contribution in [0.2, 0.25) is 0 Å². The second-order valence-corrected chi connectivity index (χ2v) is 8.63. The van der Waals surface area contributed by atoms with Crippen molar-refractivity contribution in [3.63, 3.8) is 0 Å². The van der Waals surface area contributed by atoms with Crippen molar-refractivity contribution in [1.82, 2.24) is 0 Å². The van der Waals surface area contributed by atoms with Crippen molar-refractivity contribution in [3.05, 3.63) is 0 Å². The van der Waals surface area contributed by atoms with Gasteiger partial charge in [0, 0.05) is 5.41 Å². The minimum Gasteiger partial charge on any atom is -0.458 e. The van der Waals surface area contributed by atoms with Crippen molar-refractivity contribution >= 4 is 5.97 Å². The molecular formula is C20H34O2. The lowest BCUT2D eigenvalue weighted by Crippen LogP contribution is -2.59. The third-order valence-electron chi connectivity index (χ3n) is 7.46. The van der Waals surface area contributed by atoms with Crippen LogP contribution >= 0.6 is 0 Å². The van der Waals surface area contributed by atoms with Crippen LogP contribution in [0.3, 0.4) is 0 Å². The van der Waals surface area contributed by atoms with E-state index in [1.165, 1.54) is 38.5 Å². The molecule has 0 radical (unpaired) electrons. The molecule has 126 valence electrons. The summed E-state index contributed by atoms with van der Waals surface area (Å²) in [5, 5.41) is 0. The molecule has 0 aromatic carbocycles. The molecule has 4 bridgehead atoms. The maximum atomic E-state index is 12.6. The van der Waals surface area contributed by atoms with Gasteiger partial charge in [0.1, 0.15) is 5.60 Å². The molecule has 0 amide bonds. The first-order chi connectivity index (χ1) is 10.5. The smallest absolute Gasteiger partial charge is 0.309 e. The van der Waals surface area contributed by atoms with Gasteiger partial charge in [0.2, 0.25) is 0 Å². The molecule has 4 aliphatic rings. The zero-order valence-electron chi connectivity index (χ0n) is 15.0. The Labute approximate surface area is 136 Å². The van der Waals surface area contributed by atoms with Crippen LogP contribution in [0.25, 0.3) is 0 Å². The Morgan fingerprint density at radius 3 is 1.86 bits per heavy atom. The summed E-state index contributed by atoms with van der Waals surface area (Å²) >= 11 is 0. The first-order valence-electron chi connectivity index (χ1n) is 9.70. The number of carbonyl (C=O) groups is 1. The van der Waals surface area contributed by atoms with E-state index in [0.717, 1.165) is 37.0 Å². The van der Waals surface area contributed by atoms with E-state index in [9.17, 15) is 4.79 Å². The van der Waals surface area contributed by atoms with E-state index in [2.05, 4.69) is 20.8 Å². The predicted molar refractivity (Wildman–Crippen MR) is 89.5 cm³/mol. The number of rotatable bonds is 6. The van der Waals surface area contributed by atoms with E-state index >= 15 is 0 Å². The maximum absolute atomic E-state index is 12.6. The van der Waals surface area contributed by atoms with Crippen LogP contribution in [-0.4, -0.2) is 11.6 Å². The van der Waals surface area contributed by atoms with Crippen LogP contribution < -0.4 is 0 Å². The summed E-state index contributed by atoms with van der Waals surface area (Å²) in [5.74, 6) is 2.80. The highest BCUT2D eigenvalue weighted by molar-refractivity contribution is 5.72. The lowest BCUT2D eigenvalue weighted by molar-refractivity contribution is -0.215. The monoisotopic (exact) mass is 306 g/mol. The largest absolute Gasteiger partial charge is 0.458 e. The highest BCUT2D eigenvalue weighted by atomic mass is 16.6. The molecule has 0 aromatic heterocycles. The summed E-state index contributed by atoms with van der Waals surface area (Å²) in [7, 11) is 0. The predicted octanol–water partition coefficient (Wildman–Crippen LogP) is 5.35. The molecule has 0 spiro atoms. The van der Waals surface area contributed by atoms with Crippen molar-refractivity contribution in [3.8, 4) is 0 Å². The average Bonchev–Trinajstić information content (AvgIpc) is 2.50. The number of hydrogen-bond acceptors (Lipinski definition) is 2. The van der Waals surface area contributed by atoms with E-state index in [1.807, 2.05) is 6.92 Å². The SMILES string of the molecule is CCC(C)C(=O)OC(CC)(CC)C12CC3CC(CC(C3)C1)C2. The summed E-state index contributed by atoms with van der Waals surface area (Å²) in [4.78, 5) is 12.6. The molecule has 2 nitrogen and oxygen atoms in total. The van der Waals surface area contributed by atoms with Gasteiger partial charge in [0.25, 0.3) is 0 Å². The summed E-state index contributed by atoms with van der Waals surface area (Å²) in [5.41, 5.74) is 0.0812. The van der Waals surface area contributed by atoms with Gasteiger partial charge in [-0.25, -0.2) is 0 Å².